The molecule has 0 aliphatic heterocycles. The fourth-order valence-electron chi connectivity index (χ4n) is 3.93. The van der Waals surface area contributed by atoms with Crippen LogP contribution >= 0.6 is 23.1 Å². The molecule has 1 aromatic carbocycles. The van der Waals surface area contributed by atoms with E-state index in [1.807, 2.05) is 0 Å². The number of hydrogen-bond donors (Lipinski definition) is 3. The molecule has 0 spiro atoms. The fraction of sp³-hybridized carbons (Fsp3) is 0.522. The van der Waals surface area contributed by atoms with Gasteiger partial charge in [0.05, 0.1) is 5.75 Å². The Kier molecular flexibility index (Phi) is 9.68. The van der Waals surface area contributed by atoms with E-state index in [9.17, 15) is 14.4 Å². The summed E-state index contributed by atoms with van der Waals surface area (Å²) in [6.07, 6.45) is 7.89. The first-order valence-corrected chi connectivity index (χ1v) is 13.2. The van der Waals surface area contributed by atoms with E-state index in [-0.39, 0.29) is 29.4 Å². The second-order valence-electron chi connectivity index (χ2n) is 8.32. The van der Waals surface area contributed by atoms with Crippen LogP contribution in [-0.4, -0.2) is 33.7 Å². The summed E-state index contributed by atoms with van der Waals surface area (Å²) < 4.78 is 0.621. The van der Waals surface area contributed by atoms with E-state index in [2.05, 4.69) is 33.1 Å². The van der Waals surface area contributed by atoms with Crippen molar-refractivity contribution >= 4 is 57.3 Å². The number of aromatic nitrogens is 2. The Labute approximate surface area is 202 Å². The molecule has 0 radical (unpaired) electrons. The normalized spacial score (nSPS) is 17.9. The number of unbranched alkanes of at least 4 members (excludes halogenated alkanes) is 1. The molecule has 3 amide bonds. The van der Waals surface area contributed by atoms with E-state index >= 15 is 0 Å². The lowest BCUT2D eigenvalue weighted by molar-refractivity contribution is -0.121. The number of thioether (sulfide) groups is 1. The highest BCUT2D eigenvalue weighted by Gasteiger charge is 2.26. The topological polar surface area (TPSA) is 113 Å². The molecule has 1 heterocycles. The lowest BCUT2D eigenvalue weighted by Gasteiger charge is -2.27. The Hall–Kier alpha value is -2.46. The maximum Gasteiger partial charge on any atom is 0.234 e. The fourth-order valence-corrected chi connectivity index (χ4v) is 5.49. The summed E-state index contributed by atoms with van der Waals surface area (Å²) in [5.74, 6) is 0.621. The van der Waals surface area contributed by atoms with Crippen molar-refractivity contribution in [3.63, 3.8) is 0 Å². The van der Waals surface area contributed by atoms with Gasteiger partial charge in [0.2, 0.25) is 22.9 Å². The third kappa shape index (κ3) is 8.43. The van der Waals surface area contributed by atoms with Gasteiger partial charge >= 0.3 is 0 Å². The second-order valence-corrected chi connectivity index (χ2v) is 10.5. The van der Waals surface area contributed by atoms with Gasteiger partial charge in [-0.25, -0.2) is 0 Å². The van der Waals surface area contributed by atoms with Crippen LogP contribution in [0.25, 0.3) is 0 Å². The van der Waals surface area contributed by atoms with E-state index in [1.54, 1.807) is 24.3 Å². The predicted octanol–water partition coefficient (Wildman–Crippen LogP) is 5.16. The Morgan fingerprint density at radius 1 is 1.06 bits per heavy atom. The standard InChI is InChI=1S/C23H31N5O3S2/c1-3-4-6-16-9-11-17(12-10-16)21(31)26-22-27-28-23(33-22)32-14-20(30)25-19-8-5-7-18(13-19)24-15(2)29/h5,7-8,13,16-17H,3-4,6,9-12,14H2,1-2H3,(H,24,29)(H,25,30)(H,26,27,31). The molecule has 10 heteroatoms. The van der Waals surface area contributed by atoms with Crippen molar-refractivity contribution in [2.24, 2.45) is 11.8 Å². The zero-order valence-corrected chi connectivity index (χ0v) is 20.7. The van der Waals surface area contributed by atoms with Crippen LogP contribution in [0.2, 0.25) is 0 Å². The average Bonchev–Trinajstić information content (AvgIpc) is 3.23. The SMILES string of the molecule is CCCCC1CCC(C(=O)Nc2nnc(SCC(=O)Nc3cccc(NC(C)=O)c3)s2)CC1. The number of rotatable bonds is 10. The van der Waals surface area contributed by atoms with Crippen LogP contribution < -0.4 is 16.0 Å². The first-order valence-electron chi connectivity index (χ1n) is 11.4. The molecule has 1 aliphatic carbocycles. The van der Waals surface area contributed by atoms with Crippen LogP contribution in [0.4, 0.5) is 16.5 Å². The molecule has 1 aromatic heterocycles. The number of nitrogens with one attached hydrogen (secondary N) is 3. The third-order valence-electron chi connectivity index (χ3n) is 5.61. The van der Waals surface area contributed by atoms with Gasteiger partial charge in [0.1, 0.15) is 0 Å². The molecule has 8 nitrogen and oxygen atoms in total. The third-order valence-corrected chi connectivity index (χ3v) is 7.59. The Morgan fingerprint density at radius 2 is 1.79 bits per heavy atom. The molecular formula is C23H31N5O3S2. The predicted molar refractivity (Wildman–Crippen MR) is 134 cm³/mol. The van der Waals surface area contributed by atoms with Crippen molar-refractivity contribution in [2.75, 3.05) is 21.7 Å². The van der Waals surface area contributed by atoms with Gasteiger partial charge in [-0.05, 0) is 49.8 Å². The van der Waals surface area contributed by atoms with E-state index in [1.165, 1.54) is 49.3 Å². The van der Waals surface area contributed by atoms with Crippen LogP contribution in [-0.2, 0) is 14.4 Å². The van der Waals surface area contributed by atoms with Gasteiger partial charge in [-0.3, -0.25) is 14.4 Å². The molecule has 0 unspecified atom stereocenters. The zero-order valence-electron chi connectivity index (χ0n) is 19.1. The average molecular weight is 490 g/mol. The molecule has 0 saturated heterocycles. The molecule has 2 aromatic rings. The van der Waals surface area contributed by atoms with Crippen molar-refractivity contribution in [3.8, 4) is 0 Å². The first kappa shape index (κ1) is 25.2. The van der Waals surface area contributed by atoms with Crippen molar-refractivity contribution < 1.29 is 14.4 Å². The molecule has 0 atom stereocenters. The molecule has 0 bridgehead atoms. The van der Waals surface area contributed by atoms with Crippen molar-refractivity contribution in [1.82, 2.24) is 10.2 Å². The molecule has 33 heavy (non-hydrogen) atoms. The van der Waals surface area contributed by atoms with E-state index in [0.29, 0.717) is 20.8 Å². The molecule has 3 N–H and O–H groups in total. The van der Waals surface area contributed by atoms with Crippen LogP contribution in [0.1, 0.15) is 58.8 Å². The number of amides is 3. The lowest BCUT2D eigenvalue weighted by Crippen LogP contribution is -2.27. The smallest absolute Gasteiger partial charge is 0.234 e. The largest absolute Gasteiger partial charge is 0.326 e. The molecular weight excluding hydrogens is 458 g/mol. The monoisotopic (exact) mass is 489 g/mol. The van der Waals surface area contributed by atoms with Gasteiger partial charge in [-0.1, -0.05) is 55.4 Å². The summed E-state index contributed by atoms with van der Waals surface area (Å²) in [6.45, 7) is 3.65. The summed E-state index contributed by atoms with van der Waals surface area (Å²) in [6, 6.07) is 6.95. The highest BCUT2D eigenvalue weighted by molar-refractivity contribution is 8.01. The van der Waals surface area contributed by atoms with Crippen LogP contribution in [0.5, 0.6) is 0 Å². The molecule has 3 rings (SSSR count). The Balaban J connectivity index is 1.41. The number of benzene rings is 1. The van der Waals surface area contributed by atoms with Gasteiger partial charge in [0, 0.05) is 24.2 Å². The molecule has 1 fully saturated rings. The summed E-state index contributed by atoms with van der Waals surface area (Å²) in [5, 5.41) is 17.0. The quantitative estimate of drug-likeness (QED) is 0.314. The van der Waals surface area contributed by atoms with Gasteiger partial charge in [0.15, 0.2) is 4.34 Å². The maximum absolute atomic E-state index is 12.6. The van der Waals surface area contributed by atoms with Gasteiger partial charge in [-0.2, -0.15) is 0 Å². The molecule has 1 saturated carbocycles. The summed E-state index contributed by atoms with van der Waals surface area (Å²) in [7, 11) is 0. The second kappa shape index (κ2) is 12.7. The van der Waals surface area contributed by atoms with Crippen LogP contribution in [0.15, 0.2) is 28.6 Å². The molecule has 178 valence electrons. The van der Waals surface area contributed by atoms with Crippen molar-refractivity contribution in [3.05, 3.63) is 24.3 Å². The first-order chi connectivity index (χ1) is 15.9. The summed E-state index contributed by atoms with van der Waals surface area (Å²) >= 11 is 2.54. The minimum Gasteiger partial charge on any atom is -0.326 e. The highest BCUT2D eigenvalue weighted by Crippen LogP contribution is 2.33. The number of hydrogen-bond acceptors (Lipinski definition) is 7. The zero-order chi connectivity index (χ0) is 23.6. The highest BCUT2D eigenvalue weighted by atomic mass is 32.2. The maximum atomic E-state index is 12.6. The Morgan fingerprint density at radius 3 is 2.48 bits per heavy atom. The number of anilines is 3. The van der Waals surface area contributed by atoms with Crippen molar-refractivity contribution in [1.29, 1.82) is 0 Å². The van der Waals surface area contributed by atoms with Crippen LogP contribution in [0.3, 0.4) is 0 Å². The lowest BCUT2D eigenvalue weighted by atomic mass is 9.79. The van der Waals surface area contributed by atoms with Gasteiger partial charge < -0.3 is 16.0 Å². The van der Waals surface area contributed by atoms with E-state index in [0.717, 1.165) is 31.6 Å². The summed E-state index contributed by atoms with van der Waals surface area (Å²) in [4.78, 5) is 36.0. The Bertz CT molecular complexity index is 957. The van der Waals surface area contributed by atoms with Gasteiger partial charge in [0.25, 0.3) is 0 Å². The van der Waals surface area contributed by atoms with Crippen LogP contribution in [0, 0.1) is 11.8 Å². The van der Waals surface area contributed by atoms with E-state index < -0.39 is 0 Å². The summed E-state index contributed by atoms with van der Waals surface area (Å²) in [5.41, 5.74) is 1.22. The minimum atomic E-state index is -0.194. The van der Waals surface area contributed by atoms with E-state index in [4.69, 9.17) is 0 Å². The minimum absolute atomic E-state index is 0.0217. The number of carbonyl (C=O) groups excluding carboxylic acids is 3. The van der Waals surface area contributed by atoms with Crippen molar-refractivity contribution in [2.45, 2.75) is 63.1 Å². The molecule has 1 aliphatic rings. The number of nitrogens with zero attached hydrogens (tertiary/aromatic N) is 2. The number of carbonyl (C=O) groups is 3. The van der Waals surface area contributed by atoms with Gasteiger partial charge in [-0.15, -0.1) is 10.2 Å².